The molecule has 1 aromatic heterocycles. The van der Waals surface area contributed by atoms with Gasteiger partial charge < -0.3 is 23.7 Å². The van der Waals surface area contributed by atoms with Crippen molar-refractivity contribution in [2.75, 3.05) is 18.3 Å². The van der Waals surface area contributed by atoms with E-state index >= 15 is 0 Å². The zero-order valence-electron chi connectivity index (χ0n) is 19.6. The Bertz CT molecular complexity index is 1320. The van der Waals surface area contributed by atoms with Crippen molar-refractivity contribution < 1.29 is 33.3 Å². The van der Waals surface area contributed by atoms with Gasteiger partial charge in [0.2, 0.25) is 6.79 Å². The van der Waals surface area contributed by atoms with E-state index in [4.69, 9.17) is 18.6 Å². The summed E-state index contributed by atoms with van der Waals surface area (Å²) >= 11 is 0. The minimum atomic E-state index is -0.959. The molecule has 2 aliphatic rings. The Morgan fingerprint density at radius 3 is 2.63 bits per heavy atom. The maximum Gasteiger partial charge on any atom is 0.300 e. The Morgan fingerprint density at radius 2 is 1.91 bits per heavy atom. The number of anilines is 1. The fraction of sp³-hybridized carbons (Fsp3) is 0.259. The first-order valence-electron chi connectivity index (χ1n) is 11.4. The van der Waals surface area contributed by atoms with Gasteiger partial charge in [0.1, 0.15) is 23.3 Å². The maximum absolute atomic E-state index is 13.3. The van der Waals surface area contributed by atoms with Gasteiger partial charge in [-0.3, -0.25) is 14.5 Å². The fourth-order valence-electron chi connectivity index (χ4n) is 4.44. The molecule has 0 aliphatic carbocycles. The van der Waals surface area contributed by atoms with Crippen LogP contribution in [0.1, 0.15) is 49.6 Å². The Balaban J connectivity index is 1.66. The van der Waals surface area contributed by atoms with Crippen LogP contribution in [0.4, 0.5) is 5.69 Å². The summed E-state index contributed by atoms with van der Waals surface area (Å²) in [5.41, 5.74) is 1.67. The van der Waals surface area contributed by atoms with Crippen molar-refractivity contribution >= 4 is 23.1 Å². The first-order chi connectivity index (χ1) is 16.9. The molecule has 0 bridgehead atoms. The van der Waals surface area contributed by atoms with Crippen LogP contribution in [0.2, 0.25) is 0 Å². The van der Waals surface area contributed by atoms with Crippen LogP contribution in [0.15, 0.2) is 64.8 Å². The number of amides is 1. The Labute approximate surface area is 202 Å². The normalized spacial score (nSPS) is 18.5. The molecular formula is C27H25NO7. The highest BCUT2D eigenvalue weighted by Gasteiger charge is 2.48. The second-order valence-electron chi connectivity index (χ2n) is 8.56. The number of Topliss-reactive ketones (excluding diaryl/α,β-unsaturated/α-hetero) is 1. The third kappa shape index (κ3) is 3.80. The van der Waals surface area contributed by atoms with Gasteiger partial charge in [-0.25, -0.2) is 0 Å². The maximum atomic E-state index is 13.3. The molecule has 8 heteroatoms. The van der Waals surface area contributed by atoms with Gasteiger partial charge in [-0.1, -0.05) is 13.8 Å². The standard InChI is InChI=1S/C27H25NO7/c1-4-32-19-9-7-16(12-18(19)15(2)3)25(29)23-24(21-6-5-11-33-21)28(27(31)26(23)30)17-8-10-20-22(13-17)35-14-34-20/h5-13,15,24,29H,4,14H2,1-3H3/b25-23-. The molecule has 1 fully saturated rings. The molecule has 0 radical (unpaired) electrons. The average Bonchev–Trinajstić information content (AvgIpc) is 3.59. The summed E-state index contributed by atoms with van der Waals surface area (Å²) in [6, 6.07) is 12.6. The van der Waals surface area contributed by atoms with Gasteiger partial charge in [0, 0.05) is 17.3 Å². The molecule has 2 aromatic carbocycles. The summed E-state index contributed by atoms with van der Waals surface area (Å²) in [6.07, 6.45) is 1.46. The van der Waals surface area contributed by atoms with E-state index in [2.05, 4.69) is 0 Å². The van der Waals surface area contributed by atoms with Gasteiger partial charge in [0.25, 0.3) is 11.7 Å². The lowest BCUT2D eigenvalue weighted by Crippen LogP contribution is -2.29. The van der Waals surface area contributed by atoms with Gasteiger partial charge in [-0.05, 0) is 60.9 Å². The van der Waals surface area contributed by atoms with Crippen LogP contribution >= 0.6 is 0 Å². The third-order valence-corrected chi connectivity index (χ3v) is 6.10. The van der Waals surface area contributed by atoms with Crippen LogP contribution in [0, 0.1) is 0 Å². The van der Waals surface area contributed by atoms with E-state index in [0.29, 0.717) is 40.9 Å². The molecule has 1 amide bonds. The zero-order chi connectivity index (χ0) is 24.7. The predicted octanol–water partition coefficient (Wildman–Crippen LogP) is 5.16. The van der Waals surface area contributed by atoms with E-state index < -0.39 is 17.7 Å². The molecule has 0 spiro atoms. The van der Waals surface area contributed by atoms with Crippen LogP contribution in [-0.2, 0) is 9.59 Å². The first-order valence-corrected chi connectivity index (χ1v) is 11.4. The quantitative estimate of drug-likeness (QED) is 0.299. The second kappa shape index (κ2) is 8.87. The van der Waals surface area contributed by atoms with Gasteiger partial charge in [0.05, 0.1) is 18.4 Å². The molecule has 1 saturated heterocycles. The molecule has 35 heavy (non-hydrogen) atoms. The second-order valence-corrected chi connectivity index (χ2v) is 8.56. The predicted molar refractivity (Wildman–Crippen MR) is 128 cm³/mol. The van der Waals surface area contributed by atoms with Gasteiger partial charge in [-0.2, -0.15) is 0 Å². The van der Waals surface area contributed by atoms with Gasteiger partial charge in [0.15, 0.2) is 11.5 Å². The summed E-state index contributed by atoms with van der Waals surface area (Å²) in [5, 5.41) is 11.4. The van der Waals surface area contributed by atoms with Crippen molar-refractivity contribution in [2.45, 2.75) is 32.7 Å². The largest absolute Gasteiger partial charge is 0.507 e. The monoisotopic (exact) mass is 475 g/mol. The number of ether oxygens (including phenoxy) is 3. The summed E-state index contributed by atoms with van der Waals surface area (Å²) in [6.45, 7) is 6.52. The van der Waals surface area contributed by atoms with Crippen molar-refractivity contribution in [3.05, 3.63) is 77.3 Å². The lowest BCUT2D eigenvalue weighted by atomic mass is 9.95. The number of nitrogens with zero attached hydrogens (tertiary/aromatic N) is 1. The number of aliphatic hydroxyl groups excluding tert-OH is 1. The number of carbonyl (C=O) groups excluding carboxylic acids is 2. The summed E-state index contributed by atoms with van der Waals surface area (Å²) in [7, 11) is 0. The number of ketones is 1. The molecule has 1 unspecified atom stereocenters. The Kier molecular flexibility index (Phi) is 5.72. The van der Waals surface area contributed by atoms with E-state index in [1.807, 2.05) is 20.8 Å². The number of benzene rings is 2. The Hall–Kier alpha value is -4.20. The third-order valence-electron chi connectivity index (χ3n) is 6.10. The number of fused-ring (bicyclic) bond motifs is 1. The molecule has 3 aromatic rings. The molecule has 0 saturated carbocycles. The van der Waals surface area contributed by atoms with E-state index in [-0.39, 0.29) is 24.0 Å². The lowest BCUT2D eigenvalue weighted by molar-refractivity contribution is -0.132. The lowest BCUT2D eigenvalue weighted by Gasteiger charge is -2.23. The molecule has 2 aliphatic heterocycles. The van der Waals surface area contributed by atoms with Crippen molar-refractivity contribution in [1.29, 1.82) is 0 Å². The highest BCUT2D eigenvalue weighted by atomic mass is 16.7. The number of aliphatic hydroxyl groups is 1. The SMILES string of the molecule is CCOc1ccc(/C(O)=C2/C(=O)C(=O)N(c3ccc4c(c3)OCO4)C2c2ccco2)cc1C(C)C. The fourth-order valence-corrected chi connectivity index (χ4v) is 4.44. The molecule has 5 rings (SSSR count). The number of rotatable bonds is 6. The van der Waals surface area contributed by atoms with Crippen LogP contribution in [-0.4, -0.2) is 30.2 Å². The smallest absolute Gasteiger partial charge is 0.300 e. The zero-order valence-corrected chi connectivity index (χ0v) is 19.6. The van der Waals surface area contributed by atoms with Gasteiger partial charge in [-0.15, -0.1) is 0 Å². The van der Waals surface area contributed by atoms with Crippen molar-refractivity contribution in [1.82, 2.24) is 0 Å². The van der Waals surface area contributed by atoms with Gasteiger partial charge >= 0.3 is 0 Å². The topological polar surface area (TPSA) is 98.4 Å². The van der Waals surface area contributed by atoms with E-state index in [0.717, 1.165) is 5.56 Å². The van der Waals surface area contributed by atoms with Crippen molar-refractivity contribution in [2.24, 2.45) is 0 Å². The molecule has 180 valence electrons. The van der Waals surface area contributed by atoms with Crippen LogP contribution in [0.5, 0.6) is 17.2 Å². The minimum absolute atomic E-state index is 0.0542. The Morgan fingerprint density at radius 1 is 1.11 bits per heavy atom. The summed E-state index contributed by atoms with van der Waals surface area (Å²) in [4.78, 5) is 27.9. The van der Waals surface area contributed by atoms with Crippen LogP contribution in [0.3, 0.4) is 0 Å². The molecule has 1 N–H and O–H groups in total. The molecule has 1 atom stereocenters. The highest BCUT2D eigenvalue weighted by Crippen LogP contribution is 2.45. The average molecular weight is 475 g/mol. The molecular weight excluding hydrogens is 450 g/mol. The van der Waals surface area contributed by atoms with Crippen LogP contribution < -0.4 is 19.1 Å². The minimum Gasteiger partial charge on any atom is -0.507 e. The molecule has 8 nitrogen and oxygen atoms in total. The number of carbonyl (C=O) groups is 2. The van der Waals surface area contributed by atoms with E-state index in [1.54, 1.807) is 48.5 Å². The van der Waals surface area contributed by atoms with Crippen LogP contribution in [0.25, 0.3) is 5.76 Å². The van der Waals surface area contributed by atoms with E-state index in [1.165, 1.54) is 11.2 Å². The van der Waals surface area contributed by atoms with Crippen molar-refractivity contribution in [3.63, 3.8) is 0 Å². The first kappa shape index (κ1) is 22.6. The molecule has 3 heterocycles. The summed E-state index contributed by atoms with van der Waals surface area (Å²) < 4.78 is 22.2. The summed E-state index contributed by atoms with van der Waals surface area (Å²) in [5.74, 6) is 0.328. The van der Waals surface area contributed by atoms with Crippen molar-refractivity contribution in [3.8, 4) is 17.2 Å². The number of hydrogen-bond acceptors (Lipinski definition) is 7. The number of hydrogen-bond donors (Lipinski definition) is 1. The number of furan rings is 1. The highest BCUT2D eigenvalue weighted by molar-refractivity contribution is 6.51. The van der Waals surface area contributed by atoms with E-state index in [9.17, 15) is 14.7 Å².